The van der Waals surface area contributed by atoms with Crippen LogP contribution in [0, 0.1) is 6.92 Å². The number of benzene rings is 2. The molecule has 3 aromatic rings. The SMILES string of the molecule is CCN(CC(=O)Nc1ccc(OC)cc1)Cc1cc(=O)oc2cc(C)c(C(C)C)cc12. The largest absolute Gasteiger partial charge is 0.497 e. The van der Waals surface area contributed by atoms with Crippen LogP contribution in [-0.4, -0.2) is 31.0 Å². The van der Waals surface area contributed by atoms with Crippen molar-refractivity contribution >= 4 is 22.6 Å². The molecule has 0 aliphatic rings. The summed E-state index contributed by atoms with van der Waals surface area (Å²) in [5, 5.41) is 3.83. The van der Waals surface area contributed by atoms with Crippen molar-refractivity contribution in [3.05, 3.63) is 69.6 Å². The van der Waals surface area contributed by atoms with Gasteiger partial charge in [0.05, 0.1) is 13.7 Å². The van der Waals surface area contributed by atoms with Gasteiger partial charge >= 0.3 is 5.63 Å². The number of likely N-dealkylation sites (N-methyl/N-ethyl adjacent to an activating group) is 1. The number of anilines is 1. The van der Waals surface area contributed by atoms with Gasteiger partial charge in [-0.05, 0) is 72.5 Å². The molecule has 0 fully saturated rings. The summed E-state index contributed by atoms with van der Waals surface area (Å²) in [5.74, 6) is 0.985. The minimum absolute atomic E-state index is 0.113. The molecule has 0 aliphatic heterocycles. The lowest BCUT2D eigenvalue weighted by atomic mass is 9.95. The highest BCUT2D eigenvalue weighted by Gasteiger charge is 2.15. The quantitative estimate of drug-likeness (QED) is 0.533. The van der Waals surface area contributed by atoms with Crippen LogP contribution in [0.25, 0.3) is 11.0 Å². The molecular weight excluding hydrogens is 392 g/mol. The maximum atomic E-state index is 12.6. The van der Waals surface area contributed by atoms with Gasteiger partial charge in [-0.25, -0.2) is 4.79 Å². The number of carbonyl (C=O) groups is 1. The van der Waals surface area contributed by atoms with E-state index in [2.05, 4.69) is 25.2 Å². The second kappa shape index (κ2) is 9.79. The smallest absolute Gasteiger partial charge is 0.336 e. The summed E-state index contributed by atoms with van der Waals surface area (Å²) in [6.07, 6.45) is 0. The first-order chi connectivity index (χ1) is 14.8. The predicted octanol–water partition coefficient (Wildman–Crippen LogP) is 4.69. The standard InChI is InChI=1S/C25H30N2O4/c1-6-27(15-24(28)26-19-7-9-20(30-5)10-8-19)14-18-12-25(29)31-23-11-17(4)21(16(2)3)13-22(18)23/h7-13,16H,6,14-15H2,1-5H3,(H,26,28). The Kier molecular flexibility index (Phi) is 7.13. The average Bonchev–Trinajstić information content (AvgIpc) is 2.72. The van der Waals surface area contributed by atoms with Crippen LogP contribution >= 0.6 is 0 Å². The van der Waals surface area contributed by atoms with E-state index in [-0.39, 0.29) is 18.1 Å². The van der Waals surface area contributed by atoms with Crippen molar-refractivity contribution in [3.8, 4) is 5.75 Å². The predicted molar refractivity (Wildman–Crippen MR) is 124 cm³/mol. The van der Waals surface area contributed by atoms with Crippen LogP contribution in [0.1, 0.15) is 43.4 Å². The maximum Gasteiger partial charge on any atom is 0.336 e. The van der Waals surface area contributed by atoms with E-state index in [1.165, 1.54) is 11.6 Å². The van der Waals surface area contributed by atoms with Gasteiger partial charge in [-0.1, -0.05) is 20.8 Å². The third-order valence-electron chi connectivity index (χ3n) is 5.42. The van der Waals surface area contributed by atoms with Crippen LogP contribution in [0.3, 0.4) is 0 Å². The summed E-state index contributed by atoms with van der Waals surface area (Å²) in [6.45, 7) is 9.69. The number of ether oxygens (including phenoxy) is 1. The monoisotopic (exact) mass is 422 g/mol. The van der Waals surface area contributed by atoms with Crippen LogP contribution in [0.2, 0.25) is 0 Å². The highest BCUT2D eigenvalue weighted by molar-refractivity contribution is 5.92. The summed E-state index contributed by atoms with van der Waals surface area (Å²) in [5.41, 5.74) is 4.12. The molecule has 0 atom stereocenters. The van der Waals surface area contributed by atoms with E-state index in [9.17, 15) is 9.59 Å². The summed E-state index contributed by atoms with van der Waals surface area (Å²) in [7, 11) is 1.60. The minimum Gasteiger partial charge on any atom is -0.497 e. The molecule has 2 aromatic carbocycles. The molecule has 6 heteroatoms. The van der Waals surface area contributed by atoms with Gasteiger partial charge in [0.25, 0.3) is 0 Å². The van der Waals surface area contributed by atoms with Gasteiger partial charge in [-0.2, -0.15) is 0 Å². The molecule has 0 bridgehead atoms. The van der Waals surface area contributed by atoms with Crippen molar-refractivity contribution in [1.82, 2.24) is 4.90 Å². The number of rotatable bonds is 8. The Morgan fingerprint density at radius 2 is 1.87 bits per heavy atom. The number of hydrogen-bond donors (Lipinski definition) is 1. The Morgan fingerprint density at radius 1 is 1.16 bits per heavy atom. The average molecular weight is 423 g/mol. The highest BCUT2D eigenvalue weighted by Crippen LogP contribution is 2.27. The van der Waals surface area contributed by atoms with Gasteiger partial charge in [0, 0.05) is 23.7 Å². The zero-order valence-electron chi connectivity index (χ0n) is 18.8. The summed E-state index contributed by atoms with van der Waals surface area (Å²) in [6, 6.07) is 12.8. The molecule has 1 amide bonds. The number of aryl methyl sites for hydroxylation is 1. The Labute approximate surface area is 182 Å². The Hall–Kier alpha value is -3.12. The van der Waals surface area contributed by atoms with Crippen LogP contribution in [0.5, 0.6) is 5.75 Å². The van der Waals surface area contributed by atoms with Gasteiger partial charge in [0.1, 0.15) is 11.3 Å². The van der Waals surface area contributed by atoms with E-state index < -0.39 is 0 Å². The first-order valence-electron chi connectivity index (χ1n) is 10.5. The number of nitrogens with zero attached hydrogens (tertiary/aromatic N) is 1. The summed E-state index contributed by atoms with van der Waals surface area (Å²) >= 11 is 0. The Balaban J connectivity index is 1.80. The van der Waals surface area contributed by atoms with Gasteiger partial charge < -0.3 is 14.5 Å². The summed E-state index contributed by atoms with van der Waals surface area (Å²) in [4.78, 5) is 26.7. The third kappa shape index (κ3) is 5.52. The molecule has 1 aromatic heterocycles. The number of fused-ring (bicyclic) bond motifs is 1. The van der Waals surface area contributed by atoms with Gasteiger partial charge in [-0.15, -0.1) is 0 Å². The lowest BCUT2D eigenvalue weighted by Gasteiger charge is -2.21. The minimum atomic E-state index is -0.377. The Morgan fingerprint density at radius 3 is 2.48 bits per heavy atom. The molecule has 0 radical (unpaired) electrons. The van der Waals surface area contributed by atoms with Crippen LogP contribution < -0.4 is 15.7 Å². The maximum absolute atomic E-state index is 12.6. The molecule has 0 spiro atoms. The Bertz CT molecular complexity index is 1120. The molecule has 1 N–H and O–H groups in total. The molecule has 0 saturated carbocycles. The lowest BCUT2D eigenvalue weighted by Crippen LogP contribution is -2.33. The molecule has 6 nitrogen and oxygen atoms in total. The molecular formula is C25H30N2O4. The number of carbonyl (C=O) groups excluding carboxylic acids is 1. The van der Waals surface area contributed by atoms with Crippen LogP contribution in [0.15, 0.2) is 51.7 Å². The molecule has 164 valence electrons. The fraction of sp³-hybridized carbons (Fsp3) is 0.360. The van der Waals surface area contributed by atoms with Crippen molar-refractivity contribution in [2.75, 3.05) is 25.5 Å². The molecule has 1 heterocycles. The second-order valence-electron chi connectivity index (χ2n) is 8.03. The number of amides is 1. The molecule has 0 unspecified atom stereocenters. The normalized spacial score (nSPS) is 11.3. The van der Waals surface area contributed by atoms with Crippen LogP contribution in [-0.2, 0) is 11.3 Å². The highest BCUT2D eigenvalue weighted by atomic mass is 16.5. The van der Waals surface area contributed by atoms with Gasteiger partial charge in [0.2, 0.25) is 5.91 Å². The van der Waals surface area contributed by atoms with E-state index in [4.69, 9.17) is 9.15 Å². The van der Waals surface area contributed by atoms with Crippen molar-refractivity contribution in [1.29, 1.82) is 0 Å². The van der Waals surface area contributed by atoms with E-state index in [1.54, 1.807) is 31.4 Å². The van der Waals surface area contributed by atoms with Crippen molar-refractivity contribution in [2.45, 2.75) is 40.2 Å². The fourth-order valence-corrected chi connectivity index (χ4v) is 3.74. The first-order valence-corrected chi connectivity index (χ1v) is 10.5. The van der Waals surface area contributed by atoms with Crippen LogP contribution in [0.4, 0.5) is 5.69 Å². The van der Waals surface area contributed by atoms with Crippen molar-refractivity contribution in [3.63, 3.8) is 0 Å². The third-order valence-corrected chi connectivity index (χ3v) is 5.42. The van der Waals surface area contributed by atoms with E-state index in [0.29, 0.717) is 30.3 Å². The van der Waals surface area contributed by atoms with E-state index >= 15 is 0 Å². The summed E-state index contributed by atoms with van der Waals surface area (Å²) < 4.78 is 10.6. The zero-order valence-corrected chi connectivity index (χ0v) is 18.8. The second-order valence-corrected chi connectivity index (χ2v) is 8.03. The van der Waals surface area contributed by atoms with E-state index in [1.807, 2.05) is 24.8 Å². The topological polar surface area (TPSA) is 71.8 Å². The molecule has 0 aliphatic carbocycles. The number of nitrogens with one attached hydrogen (secondary N) is 1. The lowest BCUT2D eigenvalue weighted by molar-refractivity contribution is -0.117. The zero-order chi connectivity index (χ0) is 22.5. The van der Waals surface area contributed by atoms with Gasteiger partial charge in [-0.3, -0.25) is 9.69 Å². The fourth-order valence-electron chi connectivity index (χ4n) is 3.74. The first kappa shape index (κ1) is 22.6. The molecule has 0 saturated heterocycles. The van der Waals surface area contributed by atoms with Crippen molar-refractivity contribution in [2.24, 2.45) is 0 Å². The number of hydrogen-bond acceptors (Lipinski definition) is 5. The van der Waals surface area contributed by atoms with Gasteiger partial charge in [0.15, 0.2) is 0 Å². The van der Waals surface area contributed by atoms with E-state index in [0.717, 1.165) is 22.3 Å². The van der Waals surface area contributed by atoms with Crippen molar-refractivity contribution < 1.29 is 13.9 Å². The molecule has 31 heavy (non-hydrogen) atoms. The number of methoxy groups -OCH3 is 1. The molecule has 3 rings (SSSR count).